The summed E-state index contributed by atoms with van der Waals surface area (Å²) in [4.78, 5) is 10.4. The lowest BCUT2D eigenvalue weighted by Crippen LogP contribution is -1.90. The lowest BCUT2D eigenvalue weighted by Gasteiger charge is -2.03. The van der Waals surface area contributed by atoms with E-state index in [0.29, 0.717) is 0 Å². The molecule has 64 valence electrons. The number of carbonyl (C=O) groups is 1. The Bertz CT molecular complexity index is 284. The van der Waals surface area contributed by atoms with Crippen LogP contribution in [0.4, 0.5) is 0 Å². The van der Waals surface area contributed by atoms with Gasteiger partial charge in [0.2, 0.25) is 0 Å². The second kappa shape index (κ2) is 4.77. The van der Waals surface area contributed by atoms with Gasteiger partial charge in [-0.2, -0.15) is 0 Å². The van der Waals surface area contributed by atoms with Crippen molar-refractivity contribution in [2.24, 2.45) is 0 Å². The summed E-state index contributed by atoms with van der Waals surface area (Å²) in [5.74, 6) is 0. The molecule has 0 aliphatic carbocycles. The Morgan fingerprint density at radius 1 is 1.17 bits per heavy atom. The molecule has 0 bridgehead atoms. The van der Waals surface area contributed by atoms with Crippen molar-refractivity contribution < 1.29 is 4.79 Å². The van der Waals surface area contributed by atoms with Crippen LogP contribution in [0.25, 0.3) is 0 Å². The molecular formula is C9H8Br2O. The zero-order valence-corrected chi connectivity index (χ0v) is 9.56. The van der Waals surface area contributed by atoms with Crippen molar-refractivity contribution in [2.45, 2.75) is 10.7 Å². The number of hydrogen-bond donors (Lipinski definition) is 0. The Labute approximate surface area is 88.4 Å². The SMILES string of the molecule is O=Cc1ccc(CBr)c(CBr)c1. The monoisotopic (exact) mass is 290 g/mol. The Morgan fingerprint density at radius 3 is 2.33 bits per heavy atom. The largest absolute Gasteiger partial charge is 0.298 e. The highest BCUT2D eigenvalue weighted by Crippen LogP contribution is 2.17. The fourth-order valence-corrected chi connectivity index (χ4v) is 2.04. The summed E-state index contributed by atoms with van der Waals surface area (Å²) in [6, 6.07) is 5.70. The molecule has 0 aliphatic heterocycles. The minimum Gasteiger partial charge on any atom is -0.298 e. The number of hydrogen-bond acceptors (Lipinski definition) is 1. The number of alkyl halides is 2. The molecule has 0 saturated heterocycles. The quantitative estimate of drug-likeness (QED) is 0.617. The molecule has 1 aromatic rings. The lowest BCUT2D eigenvalue weighted by molar-refractivity contribution is 0.112. The molecule has 0 amide bonds. The van der Waals surface area contributed by atoms with Crippen molar-refractivity contribution >= 4 is 38.1 Å². The van der Waals surface area contributed by atoms with E-state index < -0.39 is 0 Å². The van der Waals surface area contributed by atoms with Crippen LogP contribution in [-0.4, -0.2) is 6.29 Å². The van der Waals surface area contributed by atoms with E-state index in [2.05, 4.69) is 31.9 Å². The summed E-state index contributed by atoms with van der Waals surface area (Å²) in [6.07, 6.45) is 0.865. The van der Waals surface area contributed by atoms with Crippen LogP contribution >= 0.6 is 31.9 Å². The maximum atomic E-state index is 10.4. The summed E-state index contributed by atoms with van der Waals surface area (Å²) >= 11 is 6.76. The van der Waals surface area contributed by atoms with E-state index in [0.717, 1.165) is 28.1 Å². The van der Waals surface area contributed by atoms with Crippen LogP contribution in [0.3, 0.4) is 0 Å². The summed E-state index contributed by atoms with van der Waals surface area (Å²) in [5, 5.41) is 1.61. The Hall–Kier alpha value is -0.150. The number of carbonyl (C=O) groups excluding carboxylic acids is 1. The van der Waals surface area contributed by atoms with E-state index >= 15 is 0 Å². The Kier molecular flexibility index (Phi) is 3.95. The first kappa shape index (κ1) is 9.93. The van der Waals surface area contributed by atoms with Crippen LogP contribution < -0.4 is 0 Å². The molecule has 1 nitrogen and oxygen atoms in total. The van der Waals surface area contributed by atoms with Gasteiger partial charge in [0.1, 0.15) is 6.29 Å². The molecular weight excluding hydrogens is 284 g/mol. The molecule has 0 spiro atoms. The smallest absolute Gasteiger partial charge is 0.150 e. The third-order valence-corrected chi connectivity index (χ3v) is 2.86. The molecule has 1 rings (SSSR count). The molecule has 0 radical (unpaired) electrons. The summed E-state index contributed by atoms with van der Waals surface area (Å²) in [5.41, 5.74) is 3.11. The van der Waals surface area contributed by atoms with Crippen LogP contribution in [0.1, 0.15) is 21.5 Å². The first-order valence-corrected chi connectivity index (χ1v) is 5.75. The van der Waals surface area contributed by atoms with Gasteiger partial charge in [0.05, 0.1) is 0 Å². The normalized spacial score (nSPS) is 9.83. The average Bonchev–Trinajstić information content (AvgIpc) is 2.16. The molecule has 0 fully saturated rings. The Morgan fingerprint density at radius 2 is 1.83 bits per heavy atom. The number of benzene rings is 1. The highest BCUT2D eigenvalue weighted by atomic mass is 79.9. The van der Waals surface area contributed by atoms with Crippen LogP contribution in [0.2, 0.25) is 0 Å². The Balaban J connectivity index is 3.10. The van der Waals surface area contributed by atoms with Gasteiger partial charge in [-0.05, 0) is 17.2 Å². The first-order chi connectivity index (χ1) is 5.81. The topological polar surface area (TPSA) is 17.1 Å². The van der Waals surface area contributed by atoms with Crippen LogP contribution in [0, 0.1) is 0 Å². The third-order valence-electron chi connectivity index (χ3n) is 1.65. The molecule has 0 saturated carbocycles. The fourth-order valence-electron chi connectivity index (χ4n) is 0.974. The molecule has 0 aromatic heterocycles. The van der Waals surface area contributed by atoms with Gasteiger partial charge in [0, 0.05) is 16.2 Å². The van der Waals surface area contributed by atoms with Crippen molar-refractivity contribution in [3.63, 3.8) is 0 Å². The van der Waals surface area contributed by atoms with E-state index in [1.165, 1.54) is 5.56 Å². The number of rotatable bonds is 3. The third kappa shape index (κ3) is 2.17. The average molecular weight is 292 g/mol. The fraction of sp³-hybridized carbons (Fsp3) is 0.222. The van der Waals surface area contributed by atoms with Crippen molar-refractivity contribution in [1.82, 2.24) is 0 Å². The van der Waals surface area contributed by atoms with E-state index in [9.17, 15) is 4.79 Å². The van der Waals surface area contributed by atoms with Gasteiger partial charge < -0.3 is 0 Å². The molecule has 12 heavy (non-hydrogen) atoms. The van der Waals surface area contributed by atoms with E-state index in [-0.39, 0.29) is 0 Å². The molecule has 0 heterocycles. The maximum absolute atomic E-state index is 10.4. The molecule has 3 heteroatoms. The lowest BCUT2D eigenvalue weighted by atomic mass is 10.1. The molecule has 0 N–H and O–H groups in total. The summed E-state index contributed by atoms with van der Waals surface area (Å²) < 4.78 is 0. The predicted octanol–water partition coefficient (Wildman–Crippen LogP) is 3.29. The predicted molar refractivity (Wildman–Crippen MR) is 57.1 cm³/mol. The van der Waals surface area contributed by atoms with Crippen LogP contribution in [0.5, 0.6) is 0 Å². The highest BCUT2D eigenvalue weighted by Gasteiger charge is 2.00. The van der Waals surface area contributed by atoms with Crippen LogP contribution in [-0.2, 0) is 10.7 Å². The zero-order chi connectivity index (χ0) is 8.97. The van der Waals surface area contributed by atoms with Gasteiger partial charge in [0.15, 0.2) is 0 Å². The zero-order valence-electron chi connectivity index (χ0n) is 6.39. The second-order valence-corrected chi connectivity index (χ2v) is 3.53. The second-order valence-electron chi connectivity index (χ2n) is 2.41. The van der Waals surface area contributed by atoms with E-state index in [1.807, 2.05) is 18.2 Å². The first-order valence-electron chi connectivity index (χ1n) is 3.50. The van der Waals surface area contributed by atoms with Gasteiger partial charge in [-0.15, -0.1) is 0 Å². The van der Waals surface area contributed by atoms with Gasteiger partial charge in [0.25, 0.3) is 0 Å². The number of aldehydes is 1. The standard InChI is InChI=1S/C9H8Br2O/c10-4-8-2-1-7(6-12)3-9(8)5-11/h1-3,6H,4-5H2. The molecule has 1 aromatic carbocycles. The van der Waals surface area contributed by atoms with E-state index in [4.69, 9.17) is 0 Å². The van der Waals surface area contributed by atoms with Gasteiger partial charge in [-0.1, -0.05) is 44.0 Å². The van der Waals surface area contributed by atoms with Crippen molar-refractivity contribution in [3.8, 4) is 0 Å². The molecule has 0 aliphatic rings. The van der Waals surface area contributed by atoms with Crippen molar-refractivity contribution in [1.29, 1.82) is 0 Å². The van der Waals surface area contributed by atoms with Crippen LogP contribution in [0.15, 0.2) is 18.2 Å². The maximum Gasteiger partial charge on any atom is 0.150 e. The minimum absolute atomic E-state index is 0.731. The van der Waals surface area contributed by atoms with Crippen molar-refractivity contribution in [2.75, 3.05) is 0 Å². The van der Waals surface area contributed by atoms with Gasteiger partial charge in [-0.3, -0.25) is 4.79 Å². The molecule has 0 atom stereocenters. The van der Waals surface area contributed by atoms with E-state index in [1.54, 1.807) is 0 Å². The molecule has 0 unspecified atom stereocenters. The minimum atomic E-state index is 0.731. The number of halogens is 2. The highest BCUT2D eigenvalue weighted by molar-refractivity contribution is 9.09. The van der Waals surface area contributed by atoms with Gasteiger partial charge in [-0.25, -0.2) is 0 Å². The summed E-state index contributed by atoms with van der Waals surface area (Å²) in [6.45, 7) is 0. The van der Waals surface area contributed by atoms with Gasteiger partial charge >= 0.3 is 0 Å². The summed E-state index contributed by atoms with van der Waals surface area (Å²) in [7, 11) is 0. The van der Waals surface area contributed by atoms with Crippen molar-refractivity contribution in [3.05, 3.63) is 34.9 Å².